The van der Waals surface area contributed by atoms with Crippen LogP contribution in [0, 0.1) is 5.92 Å². The van der Waals surface area contributed by atoms with Gasteiger partial charge in [-0.2, -0.15) is 17.4 Å². The van der Waals surface area contributed by atoms with Crippen LogP contribution in [0.15, 0.2) is 0 Å². The Balaban J connectivity index is 4.18. The van der Waals surface area contributed by atoms with Gasteiger partial charge in [0.15, 0.2) is 0 Å². The Morgan fingerprint density at radius 1 is 1.38 bits per heavy atom. The lowest BCUT2D eigenvalue weighted by Crippen LogP contribution is -2.44. The average Bonchev–Trinajstić information content (AvgIpc) is 2.12. The van der Waals surface area contributed by atoms with Gasteiger partial charge in [-0.15, -0.1) is 0 Å². The minimum atomic E-state index is -3.45. The van der Waals surface area contributed by atoms with Crippen molar-refractivity contribution < 1.29 is 13.5 Å². The van der Waals surface area contributed by atoms with Gasteiger partial charge in [0.05, 0.1) is 5.60 Å². The van der Waals surface area contributed by atoms with Gasteiger partial charge in [-0.25, -0.2) is 0 Å². The Morgan fingerprint density at radius 2 is 1.88 bits per heavy atom. The maximum absolute atomic E-state index is 11.4. The Hall–Kier alpha value is -0.170. The fraction of sp³-hybridized carbons (Fsp3) is 1.00. The summed E-state index contributed by atoms with van der Waals surface area (Å²) in [5.41, 5.74) is -0.993. The highest BCUT2D eigenvalue weighted by atomic mass is 32.2. The predicted octanol–water partition coefficient (Wildman–Crippen LogP) is 0.570. The van der Waals surface area contributed by atoms with Crippen molar-refractivity contribution in [2.24, 2.45) is 5.92 Å². The lowest BCUT2D eigenvalue weighted by atomic mass is 9.96. The zero-order valence-corrected chi connectivity index (χ0v) is 11.6. The smallest absolute Gasteiger partial charge is 0.279 e. The molecule has 1 atom stereocenters. The highest BCUT2D eigenvalue weighted by Crippen LogP contribution is 2.15. The van der Waals surface area contributed by atoms with Crippen LogP contribution in [-0.2, 0) is 10.2 Å². The van der Waals surface area contributed by atoms with Gasteiger partial charge in [0.1, 0.15) is 0 Å². The van der Waals surface area contributed by atoms with Crippen molar-refractivity contribution in [2.45, 2.75) is 39.2 Å². The van der Waals surface area contributed by atoms with E-state index in [1.54, 1.807) is 6.92 Å². The van der Waals surface area contributed by atoms with E-state index in [1.165, 1.54) is 14.1 Å². The van der Waals surface area contributed by atoms with Gasteiger partial charge in [0.2, 0.25) is 0 Å². The van der Waals surface area contributed by atoms with Crippen LogP contribution in [0.25, 0.3) is 0 Å². The van der Waals surface area contributed by atoms with E-state index in [1.807, 2.05) is 0 Å². The standard InChI is InChI=1S/C10H24N2O3S/c1-9(2)6-7-10(3,13)8-11-16(14,15)12(4)5/h9,11,13H,6-8H2,1-5H3/t10-/m0/s1. The largest absolute Gasteiger partial charge is 0.389 e. The second kappa shape index (κ2) is 5.95. The van der Waals surface area contributed by atoms with Crippen molar-refractivity contribution in [1.29, 1.82) is 0 Å². The van der Waals surface area contributed by atoms with Gasteiger partial charge in [0.25, 0.3) is 10.2 Å². The molecule has 0 unspecified atom stereocenters. The van der Waals surface area contributed by atoms with Crippen LogP contribution in [0.1, 0.15) is 33.6 Å². The van der Waals surface area contributed by atoms with E-state index in [0.717, 1.165) is 10.7 Å². The first-order valence-electron chi connectivity index (χ1n) is 5.46. The number of hydrogen-bond donors (Lipinski definition) is 2. The molecule has 6 heteroatoms. The Morgan fingerprint density at radius 3 is 2.25 bits per heavy atom. The second-order valence-electron chi connectivity index (χ2n) is 5.04. The Kier molecular flexibility index (Phi) is 5.89. The van der Waals surface area contributed by atoms with Crippen LogP contribution < -0.4 is 4.72 Å². The van der Waals surface area contributed by atoms with E-state index < -0.39 is 15.8 Å². The SMILES string of the molecule is CC(C)CC[C@](C)(O)CNS(=O)(=O)N(C)C. The van der Waals surface area contributed by atoms with Crippen LogP contribution in [0.2, 0.25) is 0 Å². The summed E-state index contributed by atoms with van der Waals surface area (Å²) in [6.45, 7) is 5.83. The molecule has 0 aromatic carbocycles. The maximum atomic E-state index is 11.4. The Labute approximate surface area is 99.0 Å². The number of rotatable bonds is 7. The maximum Gasteiger partial charge on any atom is 0.279 e. The van der Waals surface area contributed by atoms with E-state index in [2.05, 4.69) is 18.6 Å². The minimum absolute atomic E-state index is 0.0419. The summed E-state index contributed by atoms with van der Waals surface area (Å²) in [5, 5.41) is 9.96. The number of nitrogens with zero attached hydrogens (tertiary/aromatic N) is 1. The monoisotopic (exact) mass is 252 g/mol. The summed E-state index contributed by atoms with van der Waals surface area (Å²) in [6.07, 6.45) is 1.46. The molecule has 0 bridgehead atoms. The summed E-state index contributed by atoms with van der Waals surface area (Å²) < 4.78 is 26.3. The van der Waals surface area contributed by atoms with Gasteiger partial charge in [-0.05, 0) is 25.7 Å². The number of aliphatic hydroxyl groups is 1. The second-order valence-corrected chi connectivity index (χ2v) is 7.01. The first-order chi connectivity index (χ1) is 7.07. The lowest BCUT2D eigenvalue weighted by Gasteiger charge is -2.25. The molecule has 0 amide bonds. The summed E-state index contributed by atoms with van der Waals surface area (Å²) in [7, 11) is -0.547. The highest BCUT2D eigenvalue weighted by Gasteiger charge is 2.24. The number of hydrogen-bond acceptors (Lipinski definition) is 3. The van der Waals surface area contributed by atoms with Crippen molar-refractivity contribution >= 4 is 10.2 Å². The quantitative estimate of drug-likeness (QED) is 0.696. The van der Waals surface area contributed by atoms with Gasteiger partial charge in [-0.3, -0.25) is 0 Å². The molecule has 5 nitrogen and oxygen atoms in total. The van der Waals surface area contributed by atoms with Gasteiger partial charge < -0.3 is 5.11 Å². The molecule has 0 aromatic heterocycles. The average molecular weight is 252 g/mol. The molecule has 16 heavy (non-hydrogen) atoms. The predicted molar refractivity (Wildman–Crippen MR) is 65.3 cm³/mol. The molecule has 0 saturated heterocycles. The summed E-state index contributed by atoms with van der Waals surface area (Å²) >= 11 is 0. The molecule has 0 fully saturated rings. The van der Waals surface area contributed by atoms with E-state index in [9.17, 15) is 13.5 Å². The molecule has 2 N–H and O–H groups in total. The van der Waals surface area contributed by atoms with E-state index in [-0.39, 0.29) is 6.54 Å². The van der Waals surface area contributed by atoms with Gasteiger partial charge in [0, 0.05) is 20.6 Å². The van der Waals surface area contributed by atoms with E-state index >= 15 is 0 Å². The molecule has 0 rings (SSSR count). The fourth-order valence-electron chi connectivity index (χ4n) is 1.06. The first kappa shape index (κ1) is 15.8. The van der Waals surface area contributed by atoms with Crippen LogP contribution in [-0.4, -0.2) is 44.1 Å². The van der Waals surface area contributed by atoms with Crippen molar-refractivity contribution in [3.8, 4) is 0 Å². The van der Waals surface area contributed by atoms with Gasteiger partial charge in [-0.1, -0.05) is 13.8 Å². The molecule has 0 heterocycles. The van der Waals surface area contributed by atoms with Crippen molar-refractivity contribution in [3.63, 3.8) is 0 Å². The third-order valence-corrected chi connectivity index (χ3v) is 3.85. The minimum Gasteiger partial charge on any atom is -0.389 e. The van der Waals surface area contributed by atoms with Crippen molar-refractivity contribution in [3.05, 3.63) is 0 Å². The van der Waals surface area contributed by atoms with Crippen LogP contribution >= 0.6 is 0 Å². The molecule has 0 spiro atoms. The lowest BCUT2D eigenvalue weighted by molar-refractivity contribution is 0.0503. The zero-order chi connectivity index (χ0) is 13.0. The summed E-state index contributed by atoms with van der Waals surface area (Å²) in [4.78, 5) is 0. The highest BCUT2D eigenvalue weighted by molar-refractivity contribution is 7.87. The summed E-state index contributed by atoms with van der Waals surface area (Å²) in [5.74, 6) is 0.497. The molecular formula is C10H24N2O3S. The topological polar surface area (TPSA) is 69.6 Å². The third kappa shape index (κ3) is 6.42. The molecular weight excluding hydrogens is 228 g/mol. The molecule has 0 aliphatic rings. The summed E-state index contributed by atoms with van der Waals surface area (Å²) in [6, 6.07) is 0. The third-order valence-electron chi connectivity index (χ3n) is 2.38. The molecule has 98 valence electrons. The van der Waals surface area contributed by atoms with Crippen LogP contribution in [0.4, 0.5) is 0 Å². The van der Waals surface area contributed by atoms with E-state index in [0.29, 0.717) is 12.3 Å². The van der Waals surface area contributed by atoms with Crippen molar-refractivity contribution in [1.82, 2.24) is 9.03 Å². The van der Waals surface area contributed by atoms with Crippen LogP contribution in [0.3, 0.4) is 0 Å². The normalized spacial score (nSPS) is 16.8. The molecule has 0 aliphatic carbocycles. The van der Waals surface area contributed by atoms with Crippen LogP contribution in [0.5, 0.6) is 0 Å². The first-order valence-corrected chi connectivity index (χ1v) is 6.90. The molecule has 0 saturated carbocycles. The van der Waals surface area contributed by atoms with Gasteiger partial charge >= 0.3 is 0 Å². The van der Waals surface area contributed by atoms with Crippen molar-refractivity contribution in [2.75, 3.05) is 20.6 Å². The molecule has 0 aromatic rings. The zero-order valence-electron chi connectivity index (χ0n) is 10.8. The molecule has 0 aliphatic heterocycles. The number of nitrogens with one attached hydrogen (secondary N) is 1. The molecule has 0 radical (unpaired) electrons. The Bertz CT molecular complexity index is 297. The van der Waals surface area contributed by atoms with E-state index in [4.69, 9.17) is 0 Å². The fourth-order valence-corrected chi connectivity index (χ4v) is 1.82.